The first-order valence-electron chi connectivity index (χ1n) is 7.52. The van der Waals surface area contributed by atoms with Crippen molar-refractivity contribution in [2.45, 2.75) is 38.2 Å². The summed E-state index contributed by atoms with van der Waals surface area (Å²) in [5.41, 5.74) is 1.77. The lowest BCUT2D eigenvalue weighted by Gasteiger charge is -2.09. The van der Waals surface area contributed by atoms with E-state index in [4.69, 9.17) is 9.84 Å². The summed E-state index contributed by atoms with van der Waals surface area (Å²) in [7, 11) is 0. The van der Waals surface area contributed by atoms with Gasteiger partial charge < -0.3 is 20.3 Å². The van der Waals surface area contributed by atoms with E-state index in [1.807, 2.05) is 6.92 Å². The molecule has 9 heteroatoms. The third kappa shape index (κ3) is 3.75. The molecular formula is C15H18N4O4S. The Morgan fingerprint density at radius 2 is 2.29 bits per heavy atom. The van der Waals surface area contributed by atoms with E-state index in [0.717, 1.165) is 5.69 Å². The van der Waals surface area contributed by atoms with E-state index in [1.165, 1.54) is 11.3 Å². The molecule has 3 N–H and O–H groups in total. The highest BCUT2D eigenvalue weighted by molar-refractivity contribution is 7.09. The van der Waals surface area contributed by atoms with Crippen molar-refractivity contribution in [3.05, 3.63) is 39.9 Å². The predicted molar refractivity (Wildman–Crippen MR) is 85.4 cm³/mol. The summed E-state index contributed by atoms with van der Waals surface area (Å²) in [5, 5.41) is 23.9. The molecule has 3 rings (SSSR count). The number of aliphatic hydroxyl groups excluding tert-OH is 2. The number of carbonyl (C=O) groups is 1. The maximum atomic E-state index is 12.2. The number of thiazole rings is 1. The van der Waals surface area contributed by atoms with Crippen LogP contribution in [0.3, 0.4) is 0 Å². The van der Waals surface area contributed by atoms with Gasteiger partial charge in [0.15, 0.2) is 0 Å². The van der Waals surface area contributed by atoms with Crippen LogP contribution in [0.25, 0.3) is 0 Å². The molecule has 0 radical (unpaired) electrons. The molecule has 1 amide bonds. The van der Waals surface area contributed by atoms with Crippen LogP contribution >= 0.6 is 11.3 Å². The van der Waals surface area contributed by atoms with E-state index in [2.05, 4.69) is 20.3 Å². The fourth-order valence-corrected chi connectivity index (χ4v) is 3.21. The van der Waals surface area contributed by atoms with Crippen molar-refractivity contribution >= 4 is 17.2 Å². The minimum atomic E-state index is -0.721. The molecule has 0 aliphatic carbocycles. The van der Waals surface area contributed by atoms with Crippen LogP contribution in [0.4, 0.5) is 0 Å². The van der Waals surface area contributed by atoms with Crippen LogP contribution in [0, 0.1) is 6.92 Å². The van der Waals surface area contributed by atoms with Crippen LogP contribution in [-0.4, -0.2) is 49.9 Å². The van der Waals surface area contributed by atoms with Crippen LogP contribution in [-0.2, 0) is 11.3 Å². The summed E-state index contributed by atoms with van der Waals surface area (Å²) in [5.74, 6) is -0.308. The molecule has 128 valence electrons. The summed E-state index contributed by atoms with van der Waals surface area (Å²) in [6.45, 7) is 1.87. The predicted octanol–water partition coefficient (Wildman–Crippen LogP) is 0.355. The maximum Gasteiger partial charge on any atom is 0.271 e. The number of nitrogens with one attached hydrogen (secondary N) is 1. The monoisotopic (exact) mass is 350 g/mol. The number of rotatable bonds is 5. The van der Waals surface area contributed by atoms with Gasteiger partial charge in [-0.2, -0.15) is 0 Å². The zero-order chi connectivity index (χ0) is 17.1. The molecule has 1 aliphatic heterocycles. The molecule has 3 atom stereocenters. The van der Waals surface area contributed by atoms with Gasteiger partial charge in [-0.3, -0.25) is 14.8 Å². The van der Waals surface area contributed by atoms with Crippen molar-refractivity contribution in [2.75, 3.05) is 6.61 Å². The first-order chi connectivity index (χ1) is 11.6. The fraction of sp³-hybridized carbons (Fsp3) is 0.467. The number of aryl methyl sites for hydroxylation is 1. The van der Waals surface area contributed by atoms with E-state index in [1.54, 1.807) is 17.8 Å². The molecule has 2 aromatic heterocycles. The quantitative estimate of drug-likeness (QED) is 0.712. The molecule has 1 fully saturated rings. The van der Waals surface area contributed by atoms with E-state index in [0.29, 0.717) is 22.8 Å². The van der Waals surface area contributed by atoms with Crippen LogP contribution < -0.4 is 5.32 Å². The Balaban J connectivity index is 1.59. The Labute approximate surface area is 142 Å². The number of aliphatic hydroxyl groups is 2. The van der Waals surface area contributed by atoms with Crippen molar-refractivity contribution in [3.63, 3.8) is 0 Å². The van der Waals surface area contributed by atoms with Crippen molar-refractivity contribution in [1.82, 2.24) is 20.3 Å². The standard InChI is InChI=1S/C15H18N4O4S/c1-8-3-17-9(4-16-8)5-18-14(22)10-7-24-15(19-10)12-2-11(21)13(6-20)23-12/h3-4,7,11-13,20-21H,2,5-6H2,1H3,(H,18,22)/t11-,12+,13+/m0/s1. The topological polar surface area (TPSA) is 117 Å². The minimum Gasteiger partial charge on any atom is -0.394 e. The van der Waals surface area contributed by atoms with Gasteiger partial charge in [-0.1, -0.05) is 0 Å². The average molecular weight is 350 g/mol. The fourth-order valence-electron chi connectivity index (χ4n) is 2.36. The molecular weight excluding hydrogens is 332 g/mol. The normalized spacial score (nSPS) is 23.4. The number of hydrogen-bond donors (Lipinski definition) is 3. The highest BCUT2D eigenvalue weighted by atomic mass is 32.1. The van der Waals surface area contributed by atoms with E-state index >= 15 is 0 Å². The largest absolute Gasteiger partial charge is 0.394 e. The average Bonchev–Trinajstić information content (AvgIpc) is 3.20. The molecule has 0 bridgehead atoms. The highest BCUT2D eigenvalue weighted by Crippen LogP contribution is 2.34. The van der Waals surface area contributed by atoms with Crippen LogP contribution in [0.1, 0.15) is 39.4 Å². The molecule has 1 saturated heterocycles. The van der Waals surface area contributed by atoms with Gasteiger partial charge in [-0.25, -0.2) is 4.98 Å². The van der Waals surface area contributed by atoms with Gasteiger partial charge in [0.2, 0.25) is 0 Å². The van der Waals surface area contributed by atoms with Crippen molar-refractivity contribution in [1.29, 1.82) is 0 Å². The van der Waals surface area contributed by atoms with Crippen molar-refractivity contribution < 1.29 is 19.7 Å². The maximum absolute atomic E-state index is 12.2. The summed E-state index contributed by atoms with van der Waals surface area (Å²) < 4.78 is 5.54. The van der Waals surface area contributed by atoms with E-state index in [9.17, 15) is 9.90 Å². The van der Waals surface area contributed by atoms with Gasteiger partial charge in [0.05, 0.1) is 36.8 Å². The van der Waals surface area contributed by atoms with Gasteiger partial charge in [0, 0.05) is 18.0 Å². The summed E-state index contributed by atoms with van der Waals surface area (Å²) >= 11 is 1.30. The zero-order valence-electron chi connectivity index (χ0n) is 13.0. The highest BCUT2D eigenvalue weighted by Gasteiger charge is 2.36. The molecule has 0 unspecified atom stereocenters. The minimum absolute atomic E-state index is 0.242. The van der Waals surface area contributed by atoms with Crippen LogP contribution in [0.2, 0.25) is 0 Å². The van der Waals surface area contributed by atoms with Gasteiger partial charge in [-0.15, -0.1) is 11.3 Å². The number of carbonyl (C=O) groups excluding carboxylic acids is 1. The zero-order valence-corrected chi connectivity index (χ0v) is 13.9. The molecule has 1 aliphatic rings. The number of amides is 1. The lowest BCUT2D eigenvalue weighted by molar-refractivity contribution is -0.0226. The van der Waals surface area contributed by atoms with E-state index < -0.39 is 18.3 Å². The summed E-state index contributed by atoms with van der Waals surface area (Å²) in [6, 6.07) is 0. The van der Waals surface area contributed by atoms with Crippen molar-refractivity contribution in [3.8, 4) is 0 Å². The molecule has 3 heterocycles. The lowest BCUT2D eigenvalue weighted by Crippen LogP contribution is -2.24. The van der Waals surface area contributed by atoms with Crippen LogP contribution in [0.5, 0.6) is 0 Å². The third-order valence-corrected chi connectivity index (χ3v) is 4.64. The Morgan fingerprint density at radius 3 is 2.96 bits per heavy atom. The molecule has 0 saturated carbocycles. The smallest absolute Gasteiger partial charge is 0.271 e. The Hall–Kier alpha value is -1.94. The second-order valence-electron chi connectivity index (χ2n) is 5.55. The first kappa shape index (κ1) is 16.9. The summed E-state index contributed by atoms with van der Waals surface area (Å²) in [4.78, 5) is 24.7. The van der Waals surface area contributed by atoms with E-state index in [-0.39, 0.29) is 19.1 Å². The van der Waals surface area contributed by atoms with Crippen molar-refractivity contribution in [2.24, 2.45) is 0 Å². The molecule has 2 aromatic rings. The Morgan fingerprint density at radius 1 is 1.46 bits per heavy atom. The molecule has 0 aromatic carbocycles. The Kier molecular flexibility index (Phi) is 5.14. The second-order valence-corrected chi connectivity index (χ2v) is 6.44. The molecule has 0 spiro atoms. The number of ether oxygens (including phenoxy) is 1. The Bertz CT molecular complexity index is 706. The van der Waals surface area contributed by atoms with Crippen LogP contribution in [0.15, 0.2) is 17.8 Å². The van der Waals surface area contributed by atoms with Gasteiger partial charge >= 0.3 is 0 Å². The SMILES string of the molecule is Cc1cnc(CNC(=O)c2csc([C@H]3C[C@H](O)[C@@H](CO)O3)n2)cn1. The lowest BCUT2D eigenvalue weighted by atomic mass is 10.1. The van der Waals surface area contributed by atoms with Gasteiger partial charge in [0.1, 0.15) is 22.9 Å². The second kappa shape index (κ2) is 7.31. The van der Waals surface area contributed by atoms with Gasteiger partial charge in [-0.05, 0) is 6.92 Å². The molecule has 24 heavy (non-hydrogen) atoms. The number of aromatic nitrogens is 3. The molecule has 8 nitrogen and oxygen atoms in total. The third-order valence-electron chi connectivity index (χ3n) is 3.70. The summed E-state index contributed by atoms with van der Waals surface area (Å²) in [6.07, 6.45) is 1.90. The number of nitrogens with zero attached hydrogens (tertiary/aromatic N) is 3. The first-order valence-corrected chi connectivity index (χ1v) is 8.40. The van der Waals surface area contributed by atoms with Gasteiger partial charge in [0.25, 0.3) is 5.91 Å². The number of hydrogen-bond acceptors (Lipinski definition) is 8.